The van der Waals surface area contributed by atoms with Gasteiger partial charge in [-0.05, 0) is 33.2 Å². The predicted molar refractivity (Wildman–Crippen MR) is 64.3 cm³/mol. The maximum atomic E-state index is 11.4. The Balaban J connectivity index is 2.47. The monoisotopic (exact) mass is 264 g/mol. The van der Waals surface area contributed by atoms with Crippen LogP contribution in [0.1, 0.15) is 26.7 Å². The maximum Gasteiger partial charge on any atom is 0.320 e. The third kappa shape index (κ3) is 4.61. The van der Waals surface area contributed by atoms with Gasteiger partial charge in [0.25, 0.3) is 0 Å². The molecule has 6 nitrogen and oxygen atoms in total. The van der Waals surface area contributed by atoms with Gasteiger partial charge in [-0.15, -0.1) is 0 Å². The highest BCUT2D eigenvalue weighted by atomic mass is 32.2. The van der Waals surface area contributed by atoms with Gasteiger partial charge in [-0.3, -0.25) is 9.69 Å². The molecule has 0 spiro atoms. The van der Waals surface area contributed by atoms with Crippen LogP contribution in [0, 0.1) is 0 Å². The molecule has 7 heteroatoms. The van der Waals surface area contributed by atoms with E-state index in [9.17, 15) is 13.2 Å². The molecule has 1 fully saturated rings. The number of carboxylic acids is 1. The van der Waals surface area contributed by atoms with Crippen molar-refractivity contribution in [3.8, 4) is 0 Å². The summed E-state index contributed by atoms with van der Waals surface area (Å²) in [6.07, 6.45) is 2.01. The standard InChI is InChI=1S/C10H20N2O4S/c1-8(2)12-5-3-4-9(12)6-11-17(15,16)7-10(13)14/h8-9,11H,3-7H2,1-2H3,(H,13,14)/t9-/m0/s1. The second-order valence-corrected chi connectivity index (χ2v) is 6.44. The number of carbonyl (C=O) groups is 1. The van der Waals surface area contributed by atoms with E-state index < -0.39 is 21.7 Å². The van der Waals surface area contributed by atoms with Gasteiger partial charge in [0.2, 0.25) is 10.0 Å². The third-order valence-corrected chi connectivity index (χ3v) is 4.17. The zero-order valence-corrected chi connectivity index (χ0v) is 11.0. The summed E-state index contributed by atoms with van der Waals surface area (Å²) in [4.78, 5) is 12.6. The number of nitrogens with one attached hydrogen (secondary N) is 1. The van der Waals surface area contributed by atoms with E-state index in [2.05, 4.69) is 23.5 Å². The van der Waals surface area contributed by atoms with Gasteiger partial charge in [0, 0.05) is 18.6 Å². The first-order chi connectivity index (χ1) is 7.82. The van der Waals surface area contributed by atoms with Gasteiger partial charge < -0.3 is 5.11 Å². The van der Waals surface area contributed by atoms with E-state index in [1.807, 2.05) is 0 Å². The van der Waals surface area contributed by atoms with Crippen molar-refractivity contribution in [3.05, 3.63) is 0 Å². The van der Waals surface area contributed by atoms with Crippen molar-refractivity contribution in [1.82, 2.24) is 9.62 Å². The zero-order chi connectivity index (χ0) is 13.1. The summed E-state index contributed by atoms with van der Waals surface area (Å²) in [5, 5.41) is 8.45. The highest BCUT2D eigenvalue weighted by Crippen LogP contribution is 2.19. The summed E-state index contributed by atoms with van der Waals surface area (Å²) in [6, 6.07) is 0.560. The number of sulfonamides is 1. The van der Waals surface area contributed by atoms with Crippen LogP contribution in [0.25, 0.3) is 0 Å². The van der Waals surface area contributed by atoms with E-state index in [0.29, 0.717) is 12.6 Å². The number of hydrogen-bond donors (Lipinski definition) is 2. The molecule has 1 atom stereocenters. The van der Waals surface area contributed by atoms with Gasteiger partial charge >= 0.3 is 5.97 Å². The van der Waals surface area contributed by atoms with E-state index in [1.165, 1.54) is 0 Å². The summed E-state index contributed by atoms with van der Waals surface area (Å²) in [5.41, 5.74) is 0. The quantitative estimate of drug-likeness (QED) is 0.697. The normalized spacial score (nSPS) is 22.2. The van der Waals surface area contributed by atoms with Gasteiger partial charge in [0.15, 0.2) is 5.75 Å². The van der Waals surface area contributed by atoms with Crippen LogP contribution in [0.4, 0.5) is 0 Å². The lowest BCUT2D eigenvalue weighted by atomic mass is 10.2. The van der Waals surface area contributed by atoms with Crippen molar-refractivity contribution in [1.29, 1.82) is 0 Å². The molecule has 0 aromatic heterocycles. The molecule has 0 aromatic carbocycles. The number of aliphatic carboxylic acids is 1. The number of carboxylic acid groups (broad SMARTS) is 1. The van der Waals surface area contributed by atoms with Crippen LogP contribution in [-0.4, -0.2) is 55.3 Å². The minimum Gasteiger partial charge on any atom is -0.480 e. The van der Waals surface area contributed by atoms with Crippen molar-refractivity contribution in [3.63, 3.8) is 0 Å². The Hall–Kier alpha value is -0.660. The minimum atomic E-state index is -3.69. The smallest absolute Gasteiger partial charge is 0.320 e. The Morgan fingerprint density at radius 1 is 1.53 bits per heavy atom. The van der Waals surface area contributed by atoms with Crippen LogP contribution in [0.2, 0.25) is 0 Å². The molecule has 0 bridgehead atoms. The summed E-state index contributed by atoms with van der Waals surface area (Å²) in [6.45, 7) is 5.42. The Bertz CT molecular complexity index is 367. The topological polar surface area (TPSA) is 86.7 Å². The maximum absolute atomic E-state index is 11.4. The van der Waals surface area contributed by atoms with Crippen molar-refractivity contribution in [2.75, 3.05) is 18.8 Å². The number of rotatable bonds is 6. The highest BCUT2D eigenvalue weighted by Gasteiger charge is 2.27. The average molecular weight is 264 g/mol. The van der Waals surface area contributed by atoms with E-state index in [4.69, 9.17) is 5.11 Å². The lowest BCUT2D eigenvalue weighted by Gasteiger charge is -2.28. The van der Waals surface area contributed by atoms with Gasteiger partial charge in [-0.25, -0.2) is 13.1 Å². The van der Waals surface area contributed by atoms with E-state index in [0.717, 1.165) is 19.4 Å². The molecule has 0 unspecified atom stereocenters. The van der Waals surface area contributed by atoms with Gasteiger partial charge in [-0.2, -0.15) is 0 Å². The lowest BCUT2D eigenvalue weighted by Crippen LogP contribution is -2.44. The van der Waals surface area contributed by atoms with E-state index >= 15 is 0 Å². The number of likely N-dealkylation sites (tertiary alicyclic amines) is 1. The van der Waals surface area contributed by atoms with E-state index in [-0.39, 0.29) is 6.04 Å². The molecule has 17 heavy (non-hydrogen) atoms. The van der Waals surface area contributed by atoms with Crippen LogP contribution in [0.15, 0.2) is 0 Å². The molecule has 0 radical (unpaired) electrons. The second kappa shape index (κ2) is 5.79. The number of hydrogen-bond acceptors (Lipinski definition) is 4. The first-order valence-corrected chi connectivity index (χ1v) is 7.42. The first kappa shape index (κ1) is 14.4. The SMILES string of the molecule is CC(C)N1CCC[C@H]1CNS(=O)(=O)CC(=O)O. The van der Waals surface area contributed by atoms with E-state index in [1.54, 1.807) is 0 Å². The van der Waals surface area contributed by atoms with Crippen LogP contribution in [-0.2, 0) is 14.8 Å². The molecule has 0 saturated carbocycles. The summed E-state index contributed by atoms with van der Waals surface area (Å²) < 4.78 is 25.1. The molecule has 1 heterocycles. The molecule has 0 aromatic rings. The van der Waals surface area contributed by atoms with Crippen LogP contribution in [0.5, 0.6) is 0 Å². The van der Waals surface area contributed by atoms with Gasteiger partial charge in [0.1, 0.15) is 0 Å². The molecule has 1 saturated heterocycles. The third-order valence-electron chi connectivity index (χ3n) is 2.94. The summed E-state index contributed by atoms with van der Waals surface area (Å²) >= 11 is 0. The Labute approximate surface area is 102 Å². The van der Waals surface area contributed by atoms with Crippen molar-refractivity contribution >= 4 is 16.0 Å². The van der Waals surface area contributed by atoms with Crippen LogP contribution < -0.4 is 4.72 Å². The fraction of sp³-hybridized carbons (Fsp3) is 0.900. The number of nitrogens with zero attached hydrogens (tertiary/aromatic N) is 1. The molecule has 1 rings (SSSR count). The Morgan fingerprint density at radius 3 is 2.71 bits per heavy atom. The molecular weight excluding hydrogens is 244 g/mol. The molecule has 0 amide bonds. The van der Waals surface area contributed by atoms with Crippen molar-refractivity contribution in [2.45, 2.75) is 38.8 Å². The van der Waals surface area contributed by atoms with Gasteiger partial charge in [-0.1, -0.05) is 0 Å². The largest absolute Gasteiger partial charge is 0.480 e. The molecule has 2 N–H and O–H groups in total. The fourth-order valence-electron chi connectivity index (χ4n) is 2.19. The van der Waals surface area contributed by atoms with Crippen molar-refractivity contribution < 1.29 is 18.3 Å². The molecule has 0 aliphatic carbocycles. The fourth-order valence-corrected chi connectivity index (χ4v) is 3.07. The molecule has 1 aliphatic heterocycles. The van der Waals surface area contributed by atoms with Crippen molar-refractivity contribution in [2.24, 2.45) is 0 Å². The van der Waals surface area contributed by atoms with Gasteiger partial charge in [0.05, 0.1) is 0 Å². The average Bonchev–Trinajstić information content (AvgIpc) is 2.60. The van der Waals surface area contributed by atoms with Crippen LogP contribution in [0.3, 0.4) is 0 Å². The second-order valence-electron chi connectivity index (χ2n) is 4.63. The minimum absolute atomic E-state index is 0.179. The summed E-state index contributed by atoms with van der Waals surface area (Å²) in [7, 11) is -3.69. The first-order valence-electron chi connectivity index (χ1n) is 5.76. The molecular formula is C10H20N2O4S. The van der Waals surface area contributed by atoms with Crippen LogP contribution >= 0.6 is 0 Å². The summed E-state index contributed by atoms with van der Waals surface area (Å²) in [5.74, 6) is -2.19. The molecule has 100 valence electrons. The highest BCUT2D eigenvalue weighted by molar-refractivity contribution is 7.90. The Kier molecular flexibility index (Phi) is 4.91. The predicted octanol–water partition coefficient (Wildman–Crippen LogP) is -0.137. The lowest BCUT2D eigenvalue weighted by molar-refractivity contribution is -0.134. The Morgan fingerprint density at radius 2 is 2.18 bits per heavy atom. The molecule has 1 aliphatic rings. The zero-order valence-electron chi connectivity index (χ0n) is 10.2.